The Kier molecular flexibility index (Phi) is 10.8. The molecule has 0 spiro atoms. The van der Waals surface area contributed by atoms with E-state index in [1.165, 1.54) is 17.9 Å². The summed E-state index contributed by atoms with van der Waals surface area (Å²) in [6.45, 7) is 6.53. The van der Waals surface area contributed by atoms with Crippen molar-refractivity contribution >= 4 is 17.7 Å². The fraction of sp³-hybridized carbons (Fsp3) is 0.737. The van der Waals surface area contributed by atoms with Crippen LogP contribution in [0.5, 0.6) is 0 Å². The summed E-state index contributed by atoms with van der Waals surface area (Å²) < 4.78 is 0. The van der Waals surface area contributed by atoms with Gasteiger partial charge in [0.25, 0.3) is 5.91 Å². The fourth-order valence-electron chi connectivity index (χ4n) is 3.37. The van der Waals surface area contributed by atoms with Gasteiger partial charge in [-0.05, 0) is 50.5 Å². The highest BCUT2D eigenvalue weighted by atomic mass is 16.6. The van der Waals surface area contributed by atoms with Crippen LogP contribution in [-0.4, -0.2) is 42.3 Å². The van der Waals surface area contributed by atoms with Gasteiger partial charge in [-0.15, -0.1) is 0 Å². The molecule has 0 unspecified atom stereocenters. The van der Waals surface area contributed by atoms with Crippen molar-refractivity contribution in [3.05, 3.63) is 12.7 Å². The molecule has 0 atom stereocenters. The number of amides is 3. The highest BCUT2D eigenvalue weighted by molar-refractivity contribution is 5.99. The first-order chi connectivity index (χ1) is 12.5. The predicted molar refractivity (Wildman–Crippen MR) is 99.7 cm³/mol. The Balaban J connectivity index is 2.24. The molecule has 0 heterocycles. The lowest BCUT2D eigenvalue weighted by Gasteiger charge is -2.30. The molecule has 0 aromatic heterocycles. The molecule has 0 aromatic carbocycles. The minimum Gasteiger partial charge on any atom is -0.356 e. The Labute approximate surface area is 156 Å². The van der Waals surface area contributed by atoms with Crippen LogP contribution in [0.15, 0.2) is 12.7 Å². The second-order valence-electron chi connectivity index (χ2n) is 6.97. The molecule has 148 valence electrons. The Bertz CT molecular complexity index is 473. The molecule has 0 radical (unpaired) electrons. The minimum atomic E-state index is -0.351. The third kappa shape index (κ3) is 8.10. The van der Waals surface area contributed by atoms with Gasteiger partial charge in [0.05, 0.1) is 6.61 Å². The number of nitrogens with two attached hydrogens (primary N) is 1. The highest BCUT2D eigenvalue weighted by Crippen LogP contribution is 2.29. The minimum absolute atomic E-state index is 0.0396. The van der Waals surface area contributed by atoms with Gasteiger partial charge in [-0.1, -0.05) is 19.4 Å². The monoisotopic (exact) mass is 367 g/mol. The van der Waals surface area contributed by atoms with Crippen molar-refractivity contribution in [2.75, 3.05) is 19.7 Å². The predicted octanol–water partition coefficient (Wildman–Crippen LogP) is 1.92. The van der Waals surface area contributed by atoms with Crippen molar-refractivity contribution in [2.24, 2.45) is 17.7 Å². The van der Waals surface area contributed by atoms with Gasteiger partial charge in [-0.25, -0.2) is 5.90 Å². The Morgan fingerprint density at radius 2 is 1.81 bits per heavy atom. The van der Waals surface area contributed by atoms with Gasteiger partial charge < -0.3 is 10.2 Å². The Hall–Kier alpha value is -1.73. The normalized spacial score (nSPS) is 19.6. The maximum Gasteiger partial charge on any atom is 0.252 e. The summed E-state index contributed by atoms with van der Waals surface area (Å²) in [6, 6.07) is 0. The van der Waals surface area contributed by atoms with Crippen molar-refractivity contribution in [3.8, 4) is 0 Å². The molecule has 1 rings (SSSR count). The molecule has 3 amide bonds. The summed E-state index contributed by atoms with van der Waals surface area (Å²) in [5.74, 6) is 4.78. The van der Waals surface area contributed by atoms with Crippen LogP contribution in [-0.2, 0) is 19.2 Å². The van der Waals surface area contributed by atoms with E-state index in [1.807, 2.05) is 0 Å². The topological polar surface area (TPSA) is 102 Å². The average Bonchev–Trinajstić information content (AvgIpc) is 2.64. The molecule has 0 bridgehead atoms. The highest BCUT2D eigenvalue weighted by Gasteiger charge is 2.28. The molecule has 0 aromatic rings. The van der Waals surface area contributed by atoms with Crippen LogP contribution in [0.25, 0.3) is 0 Å². The number of nitrogens with zero attached hydrogens (tertiary/aromatic N) is 1. The molecule has 7 nitrogen and oxygen atoms in total. The van der Waals surface area contributed by atoms with Gasteiger partial charge in [-0.3, -0.25) is 19.3 Å². The molecule has 1 aliphatic carbocycles. The molecule has 1 saturated carbocycles. The van der Waals surface area contributed by atoms with E-state index in [9.17, 15) is 14.4 Å². The third-order valence-corrected chi connectivity index (χ3v) is 4.97. The SMILES string of the molecule is C=CC(=O)N(CC1CCC(C(=O)NCCCCCCON)CC1)C(C)=O. The number of rotatable bonds is 11. The largest absolute Gasteiger partial charge is 0.356 e. The number of unbranched alkanes of at least 4 members (excludes halogenated alkanes) is 3. The van der Waals surface area contributed by atoms with Gasteiger partial charge in [-0.2, -0.15) is 0 Å². The zero-order valence-electron chi connectivity index (χ0n) is 15.9. The Morgan fingerprint density at radius 1 is 1.15 bits per heavy atom. The first kappa shape index (κ1) is 22.3. The number of hydrogen-bond acceptors (Lipinski definition) is 5. The van der Waals surface area contributed by atoms with Crippen molar-refractivity contribution in [2.45, 2.75) is 58.3 Å². The molecule has 3 N–H and O–H groups in total. The maximum atomic E-state index is 12.2. The maximum absolute atomic E-state index is 12.2. The van der Waals surface area contributed by atoms with E-state index in [1.54, 1.807) is 0 Å². The average molecular weight is 367 g/mol. The van der Waals surface area contributed by atoms with Gasteiger partial charge in [0, 0.05) is 25.9 Å². The van der Waals surface area contributed by atoms with E-state index in [4.69, 9.17) is 5.90 Å². The van der Waals surface area contributed by atoms with Crippen molar-refractivity contribution in [1.82, 2.24) is 10.2 Å². The van der Waals surface area contributed by atoms with Gasteiger partial charge in [0.2, 0.25) is 11.8 Å². The number of imide groups is 1. The summed E-state index contributed by atoms with van der Waals surface area (Å²) in [4.78, 5) is 41.3. The number of carbonyl (C=O) groups is 3. The van der Waals surface area contributed by atoms with Crippen LogP contribution in [0.2, 0.25) is 0 Å². The first-order valence-corrected chi connectivity index (χ1v) is 9.53. The molecule has 1 aliphatic rings. The molecule has 0 saturated heterocycles. The van der Waals surface area contributed by atoms with Gasteiger partial charge in [0.1, 0.15) is 0 Å². The van der Waals surface area contributed by atoms with Crippen LogP contribution in [0, 0.1) is 11.8 Å². The smallest absolute Gasteiger partial charge is 0.252 e. The van der Waals surface area contributed by atoms with E-state index in [-0.39, 0.29) is 29.6 Å². The zero-order valence-corrected chi connectivity index (χ0v) is 15.9. The number of nitrogens with one attached hydrogen (secondary N) is 1. The van der Waals surface area contributed by atoms with E-state index < -0.39 is 0 Å². The lowest BCUT2D eigenvalue weighted by Crippen LogP contribution is -2.40. The molecule has 0 aliphatic heterocycles. The standard InChI is InChI=1S/C19H33N3O4/c1-3-18(24)22(15(2)23)14-16-8-10-17(11-9-16)19(25)21-12-6-4-5-7-13-26-20/h3,16-17H,1,4-14,20H2,2H3,(H,21,25). The molecular weight excluding hydrogens is 334 g/mol. The molecule has 26 heavy (non-hydrogen) atoms. The number of carbonyl (C=O) groups excluding carboxylic acids is 3. The summed E-state index contributed by atoms with van der Waals surface area (Å²) in [5.41, 5.74) is 0. The second kappa shape index (κ2) is 12.6. The number of hydrogen-bond donors (Lipinski definition) is 2. The summed E-state index contributed by atoms with van der Waals surface area (Å²) in [6.07, 6.45) is 8.49. The molecule has 7 heteroatoms. The fourth-order valence-corrected chi connectivity index (χ4v) is 3.37. The van der Waals surface area contributed by atoms with Crippen LogP contribution < -0.4 is 11.2 Å². The van der Waals surface area contributed by atoms with Gasteiger partial charge >= 0.3 is 0 Å². The van der Waals surface area contributed by atoms with Crippen LogP contribution in [0.4, 0.5) is 0 Å². The van der Waals surface area contributed by atoms with Crippen molar-refractivity contribution < 1.29 is 19.2 Å². The van der Waals surface area contributed by atoms with Gasteiger partial charge in [0.15, 0.2) is 0 Å². The lowest BCUT2D eigenvalue weighted by molar-refractivity contribution is -0.141. The quantitative estimate of drug-likeness (QED) is 0.330. The zero-order chi connectivity index (χ0) is 19.4. The molecule has 1 fully saturated rings. The van der Waals surface area contributed by atoms with E-state index in [0.717, 1.165) is 51.4 Å². The van der Waals surface area contributed by atoms with E-state index in [2.05, 4.69) is 16.7 Å². The first-order valence-electron chi connectivity index (χ1n) is 9.53. The molecular formula is C19H33N3O4. The second-order valence-corrected chi connectivity index (χ2v) is 6.97. The lowest BCUT2D eigenvalue weighted by atomic mass is 9.81. The van der Waals surface area contributed by atoms with Crippen LogP contribution in [0.1, 0.15) is 58.3 Å². The van der Waals surface area contributed by atoms with Crippen LogP contribution in [0.3, 0.4) is 0 Å². The van der Waals surface area contributed by atoms with E-state index in [0.29, 0.717) is 19.7 Å². The Morgan fingerprint density at radius 3 is 2.38 bits per heavy atom. The summed E-state index contributed by atoms with van der Waals surface area (Å²) in [7, 11) is 0. The van der Waals surface area contributed by atoms with E-state index >= 15 is 0 Å². The van der Waals surface area contributed by atoms with Crippen molar-refractivity contribution in [1.29, 1.82) is 0 Å². The van der Waals surface area contributed by atoms with Crippen molar-refractivity contribution in [3.63, 3.8) is 0 Å². The third-order valence-electron chi connectivity index (χ3n) is 4.97. The van der Waals surface area contributed by atoms with Crippen LogP contribution >= 0.6 is 0 Å². The summed E-state index contributed by atoms with van der Waals surface area (Å²) in [5, 5.41) is 3.02. The summed E-state index contributed by atoms with van der Waals surface area (Å²) >= 11 is 0.